The molecule has 0 saturated heterocycles. The average Bonchev–Trinajstić information content (AvgIpc) is 2.75. The van der Waals surface area contributed by atoms with Crippen molar-refractivity contribution in [2.45, 2.75) is 12.3 Å². The Hall–Kier alpha value is -3.88. The number of fused-ring (bicyclic) bond motifs is 1. The third-order valence-corrected chi connectivity index (χ3v) is 4.74. The number of non-ortho nitro benzene ring substituents is 1. The van der Waals surface area contributed by atoms with E-state index in [1.165, 1.54) is 39.5 Å². The van der Waals surface area contributed by atoms with Crippen LogP contribution in [-0.4, -0.2) is 32.2 Å². The molecule has 3 rings (SSSR count). The molecule has 0 aliphatic rings. The maximum atomic E-state index is 12.6. The molecular weight excluding hydrogens is 394 g/mol. The van der Waals surface area contributed by atoms with Crippen LogP contribution in [0.3, 0.4) is 0 Å². The van der Waals surface area contributed by atoms with Crippen molar-refractivity contribution in [3.05, 3.63) is 74.1 Å². The van der Waals surface area contributed by atoms with Crippen LogP contribution in [0.5, 0.6) is 11.5 Å². The molecule has 9 heteroatoms. The quantitative estimate of drug-likeness (QED) is 0.251. The Morgan fingerprint density at radius 3 is 2.37 bits per heavy atom. The summed E-state index contributed by atoms with van der Waals surface area (Å²) in [5.41, 5.74) is 0.486. The molecule has 0 spiro atoms. The third kappa shape index (κ3) is 3.95. The normalized spacial score (nSPS) is 11.7. The zero-order chi connectivity index (χ0) is 21.8. The predicted molar refractivity (Wildman–Crippen MR) is 107 cm³/mol. The van der Waals surface area contributed by atoms with Gasteiger partial charge in [0.05, 0.1) is 32.2 Å². The zero-order valence-corrected chi connectivity index (χ0v) is 16.5. The fourth-order valence-corrected chi connectivity index (χ4v) is 3.30. The van der Waals surface area contributed by atoms with Gasteiger partial charge in [-0.3, -0.25) is 14.9 Å². The molecule has 9 nitrogen and oxygen atoms in total. The Labute approximate surface area is 170 Å². The van der Waals surface area contributed by atoms with Crippen molar-refractivity contribution in [1.29, 1.82) is 0 Å². The molecule has 0 N–H and O–H groups in total. The Bertz CT molecular complexity index is 1150. The summed E-state index contributed by atoms with van der Waals surface area (Å²) in [5, 5.41) is 11.4. The number of carbonyl (C=O) groups is 1. The Kier molecular flexibility index (Phi) is 6.01. The lowest BCUT2D eigenvalue weighted by Crippen LogP contribution is -2.19. The van der Waals surface area contributed by atoms with Crippen molar-refractivity contribution >= 4 is 22.6 Å². The van der Waals surface area contributed by atoms with Gasteiger partial charge in [-0.15, -0.1) is 0 Å². The van der Waals surface area contributed by atoms with Crippen LogP contribution in [0.15, 0.2) is 51.7 Å². The van der Waals surface area contributed by atoms with Gasteiger partial charge in [-0.05, 0) is 29.7 Å². The molecule has 0 radical (unpaired) electrons. The summed E-state index contributed by atoms with van der Waals surface area (Å²) in [4.78, 5) is 35.2. The lowest BCUT2D eigenvalue weighted by Gasteiger charge is -2.18. The van der Waals surface area contributed by atoms with Gasteiger partial charge in [0, 0.05) is 23.6 Å². The number of nitro groups is 1. The maximum absolute atomic E-state index is 12.6. The monoisotopic (exact) mass is 413 g/mol. The van der Waals surface area contributed by atoms with Crippen molar-refractivity contribution in [2.75, 3.05) is 21.3 Å². The van der Waals surface area contributed by atoms with Crippen LogP contribution in [0.1, 0.15) is 17.0 Å². The highest BCUT2D eigenvalue weighted by molar-refractivity contribution is 5.92. The topological polar surface area (TPSA) is 118 Å². The van der Waals surface area contributed by atoms with E-state index in [1.54, 1.807) is 24.3 Å². The highest BCUT2D eigenvalue weighted by Gasteiger charge is 2.27. The second kappa shape index (κ2) is 8.64. The molecule has 0 bridgehead atoms. The second-order valence-corrected chi connectivity index (χ2v) is 6.40. The van der Waals surface area contributed by atoms with Gasteiger partial charge in [-0.25, -0.2) is 4.79 Å². The number of benzene rings is 2. The Morgan fingerprint density at radius 2 is 1.80 bits per heavy atom. The molecule has 1 aromatic heterocycles. The molecule has 0 aliphatic heterocycles. The highest BCUT2D eigenvalue weighted by atomic mass is 16.6. The van der Waals surface area contributed by atoms with Gasteiger partial charge in [-0.1, -0.05) is 12.1 Å². The van der Waals surface area contributed by atoms with Gasteiger partial charge in [-0.2, -0.15) is 0 Å². The fraction of sp³-hybridized carbons (Fsp3) is 0.238. The van der Waals surface area contributed by atoms with E-state index >= 15 is 0 Å². The lowest BCUT2D eigenvalue weighted by molar-refractivity contribution is -0.384. The van der Waals surface area contributed by atoms with Gasteiger partial charge in [0.25, 0.3) is 5.69 Å². The van der Waals surface area contributed by atoms with E-state index in [1.807, 2.05) is 0 Å². The largest absolute Gasteiger partial charge is 0.493 e. The van der Waals surface area contributed by atoms with Crippen LogP contribution in [0.25, 0.3) is 11.0 Å². The molecule has 0 fully saturated rings. The molecule has 30 heavy (non-hydrogen) atoms. The first-order valence-electron chi connectivity index (χ1n) is 8.89. The van der Waals surface area contributed by atoms with E-state index < -0.39 is 22.4 Å². The molecule has 2 aromatic carbocycles. The third-order valence-electron chi connectivity index (χ3n) is 4.74. The Balaban J connectivity index is 2.15. The molecular formula is C21H19NO8. The molecule has 0 amide bonds. The molecule has 0 aliphatic carbocycles. The van der Waals surface area contributed by atoms with Crippen molar-refractivity contribution in [1.82, 2.24) is 0 Å². The van der Waals surface area contributed by atoms with Gasteiger partial charge < -0.3 is 18.6 Å². The van der Waals surface area contributed by atoms with Gasteiger partial charge in [0.2, 0.25) is 5.75 Å². The number of carbonyl (C=O) groups excluding carboxylic acids is 1. The minimum Gasteiger partial charge on any atom is -0.493 e. The van der Waals surface area contributed by atoms with Gasteiger partial charge in [0.1, 0.15) is 0 Å². The average molecular weight is 413 g/mol. The van der Waals surface area contributed by atoms with Crippen molar-refractivity contribution in [3.63, 3.8) is 0 Å². The number of esters is 1. The number of hydrogen-bond acceptors (Lipinski definition) is 8. The zero-order valence-electron chi connectivity index (χ0n) is 16.5. The van der Waals surface area contributed by atoms with E-state index in [0.717, 1.165) is 0 Å². The molecule has 1 unspecified atom stereocenters. The highest BCUT2D eigenvalue weighted by Crippen LogP contribution is 2.38. The van der Waals surface area contributed by atoms with Crippen LogP contribution in [0, 0.1) is 10.1 Å². The summed E-state index contributed by atoms with van der Waals surface area (Å²) >= 11 is 0. The predicted octanol–water partition coefficient (Wildman–Crippen LogP) is 3.22. The first kappa shape index (κ1) is 20.8. The SMILES string of the molecule is COC(=O)C(Cc1ccc([N+](=O)[O-])cc1)c1cc(=O)oc2c(OC)c(OC)ccc12. The number of hydrogen-bond donors (Lipinski definition) is 0. The second-order valence-electron chi connectivity index (χ2n) is 6.40. The summed E-state index contributed by atoms with van der Waals surface area (Å²) in [6.07, 6.45) is 0.164. The minimum absolute atomic E-state index is 0.0593. The minimum atomic E-state index is -0.846. The van der Waals surface area contributed by atoms with Crippen molar-refractivity contribution < 1.29 is 28.3 Å². The maximum Gasteiger partial charge on any atom is 0.336 e. The summed E-state index contributed by atoms with van der Waals surface area (Å²) in [5.74, 6) is -0.806. The van der Waals surface area contributed by atoms with E-state index in [0.29, 0.717) is 22.3 Å². The van der Waals surface area contributed by atoms with Crippen LogP contribution in [0.4, 0.5) is 5.69 Å². The number of ether oxygens (including phenoxy) is 3. The van der Waals surface area contributed by atoms with Crippen LogP contribution in [0.2, 0.25) is 0 Å². The van der Waals surface area contributed by atoms with Gasteiger partial charge >= 0.3 is 11.6 Å². The number of methoxy groups -OCH3 is 3. The summed E-state index contributed by atoms with van der Waals surface area (Å²) in [7, 11) is 4.12. The van der Waals surface area contributed by atoms with E-state index in [4.69, 9.17) is 18.6 Å². The summed E-state index contributed by atoms with van der Waals surface area (Å²) < 4.78 is 20.9. The molecule has 3 aromatic rings. The van der Waals surface area contributed by atoms with Crippen LogP contribution < -0.4 is 15.1 Å². The fourth-order valence-electron chi connectivity index (χ4n) is 3.30. The molecule has 1 heterocycles. The molecule has 1 atom stereocenters. The smallest absolute Gasteiger partial charge is 0.336 e. The first-order valence-corrected chi connectivity index (χ1v) is 8.89. The number of nitrogens with zero attached hydrogens (tertiary/aromatic N) is 1. The van der Waals surface area contributed by atoms with Crippen molar-refractivity contribution in [3.8, 4) is 11.5 Å². The number of nitro benzene ring substituents is 1. The Morgan fingerprint density at radius 1 is 1.10 bits per heavy atom. The number of rotatable bonds is 7. The molecule has 0 saturated carbocycles. The van der Waals surface area contributed by atoms with E-state index in [-0.39, 0.29) is 23.4 Å². The van der Waals surface area contributed by atoms with Crippen LogP contribution >= 0.6 is 0 Å². The standard InChI is InChI=1S/C21H19NO8/c1-27-17-9-8-14-15(11-18(23)30-19(14)20(17)28-2)16(21(24)29-3)10-12-4-6-13(7-5-12)22(25)26/h4-9,11,16H,10H2,1-3H3. The summed E-state index contributed by atoms with van der Waals surface area (Å²) in [6, 6.07) is 10.4. The van der Waals surface area contributed by atoms with Gasteiger partial charge in [0.15, 0.2) is 11.3 Å². The van der Waals surface area contributed by atoms with Crippen molar-refractivity contribution in [2.24, 2.45) is 0 Å². The summed E-state index contributed by atoms with van der Waals surface area (Å²) in [6.45, 7) is 0. The van der Waals surface area contributed by atoms with E-state index in [2.05, 4.69) is 0 Å². The first-order chi connectivity index (χ1) is 14.4. The van der Waals surface area contributed by atoms with E-state index in [9.17, 15) is 19.7 Å². The van der Waals surface area contributed by atoms with Crippen LogP contribution in [-0.2, 0) is 16.0 Å². The lowest BCUT2D eigenvalue weighted by atomic mass is 9.90. The molecule has 156 valence electrons.